The molecule has 100 valence electrons. The van der Waals surface area contributed by atoms with Gasteiger partial charge in [0.05, 0.1) is 0 Å². The van der Waals surface area contributed by atoms with Gasteiger partial charge in [-0.3, -0.25) is 4.98 Å². The van der Waals surface area contributed by atoms with E-state index in [1.165, 1.54) is 12.8 Å². The highest BCUT2D eigenvalue weighted by Gasteiger charge is 2.31. The van der Waals surface area contributed by atoms with E-state index in [0.29, 0.717) is 12.5 Å². The van der Waals surface area contributed by atoms with Crippen LogP contribution in [-0.2, 0) is 12.8 Å². The Kier molecular flexibility index (Phi) is 3.55. The Hall–Kier alpha value is -1.75. The summed E-state index contributed by atoms with van der Waals surface area (Å²) in [6.07, 6.45) is 7.70. The third kappa shape index (κ3) is 3.17. The van der Waals surface area contributed by atoms with Crippen LogP contribution in [0, 0.1) is 5.92 Å². The molecule has 1 aliphatic rings. The standard InChI is InChI=1S/C14H18N4O/c1-15-12(11-4-5-11)8-14-17-13(18-19-14)7-10-3-2-6-16-9-10/h2-3,6,9,11-12,15H,4-5,7-8H2,1H3. The van der Waals surface area contributed by atoms with Gasteiger partial charge in [0.25, 0.3) is 0 Å². The number of pyridine rings is 1. The van der Waals surface area contributed by atoms with E-state index in [-0.39, 0.29) is 0 Å². The topological polar surface area (TPSA) is 63.8 Å². The Morgan fingerprint density at radius 2 is 2.37 bits per heavy atom. The second-order valence-corrected chi connectivity index (χ2v) is 5.08. The van der Waals surface area contributed by atoms with Gasteiger partial charge in [-0.1, -0.05) is 11.2 Å². The van der Waals surface area contributed by atoms with Gasteiger partial charge in [-0.05, 0) is 37.4 Å². The molecule has 1 N–H and O–H groups in total. The molecule has 0 aromatic carbocycles. The van der Waals surface area contributed by atoms with Crippen molar-refractivity contribution in [1.29, 1.82) is 0 Å². The highest BCUT2D eigenvalue weighted by molar-refractivity contribution is 5.13. The summed E-state index contributed by atoms with van der Waals surface area (Å²) in [5, 5.41) is 7.37. The second kappa shape index (κ2) is 5.48. The second-order valence-electron chi connectivity index (χ2n) is 5.08. The number of likely N-dealkylation sites (N-methyl/N-ethyl adjacent to an activating group) is 1. The summed E-state index contributed by atoms with van der Waals surface area (Å²) in [6, 6.07) is 4.40. The van der Waals surface area contributed by atoms with E-state index >= 15 is 0 Å². The summed E-state index contributed by atoms with van der Waals surface area (Å²) in [4.78, 5) is 8.54. The summed E-state index contributed by atoms with van der Waals surface area (Å²) in [6.45, 7) is 0. The molecule has 0 amide bonds. The van der Waals surface area contributed by atoms with Crippen LogP contribution in [0.5, 0.6) is 0 Å². The van der Waals surface area contributed by atoms with Gasteiger partial charge in [-0.2, -0.15) is 4.98 Å². The zero-order valence-corrected chi connectivity index (χ0v) is 11.0. The SMILES string of the molecule is CNC(Cc1nc(Cc2cccnc2)no1)C1CC1. The van der Waals surface area contributed by atoms with E-state index in [2.05, 4.69) is 20.4 Å². The fourth-order valence-electron chi connectivity index (χ4n) is 2.32. The van der Waals surface area contributed by atoms with Crippen LogP contribution in [0.2, 0.25) is 0 Å². The van der Waals surface area contributed by atoms with E-state index in [9.17, 15) is 0 Å². The molecule has 0 spiro atoms. The first-order chi connectivity index (χ1) is 9.35. The molecule has 0 bridgehead atoms. The number of nitrogens with one attached hydrogen (secondary N) is 1. The molecular formula is C14H18N4O. The average Bonchev–Trinajstić information content (AvgIpc) is 3.19. The first kappa shape index (κ1) is 12.3. The first-order valence-corrected chi connectivity index (χ1v) is 6.73. The quantitative estimate of drug-likeness (QED) is 0.852. The lowest BCUT2D eigenvalue weighted by molar-refractivity contribution is 0.349. The van der Waals surface area contributed by atoms with Crippen molar-refractivity contribution < 1.29 is 4.52 Å². The van der Waals surface area contributed by atoms with Crippen molar-refractivity contribution in [3.8, 4) is 0 Å². The van der Waals surface area contributed by atoms with E-state index in [0.717, 1.165) is 29.6 Å². The monoisotopic (exact) mass is 258 g/mol. The zero-order valence-electron chi connectivity index (χ0n) is 11.0. The van der Waals surface area contributed by atoms with Crippen molar-refractivity contribution in [2.45, 2.75) is 31.7 Å². The molecule has 1 atom stereocenters. The minimum absolute atomic E-state index is 0.465. The normalized spacial score (nSPS) is 16.5. The van der Waals surface area contributed by atoms with Crippen molar-refractivity contribution in [3.05, 3.63) is 41.8 Å². The maximum Gasteiger partial charge on any atom is 0.228 e. The molecule has 1 fully saturated rings. The Balaban J connectivity index is 1.62. The molecule has 1 unspecified atom stereocenters. The van der Waals surface area contributed by atoms with Crippen LogP contribution in [0.25, 0.3) is 0 Å². The van der Waals surface area contributed by atoms with Gasteiger partial charge in [-0.25, -0.2) is 0 Å². The van der Waals surface area contributed by atoms with Gasteiger partial charge in [0.15, 0.2) is 5.82 Å². The van der Waals surface area contributed by atoms with Crippen LogP contribution in [0.3, 0.4) is 0 Å². The van der Waals surface area contributed by atoms with Gasteiger partial charge in [0.1, 0.15) is 0 Å². The van der Waals surface area contributed by atoms with Crippen molar-refractivity contribution in [3.63, 3.8) is 0 Å². The average molecular weight is 258 g/mol. The number of nitrogens with zero attached hydrogens (tertiary/aromatic N) is 3. The van der Waals surface area contributed by atoms with Gasteiger partial charge in [-0.15, -0.1) is 0 Å². The molecular weight excluding hydrogens is 240 g/mol. The third-order valence-electron chi connectivity index (χ3n) is 3.55. The molecule has 5 nitrogen and oxygen atoms in total. The lowest BCUT2D eigenvalue weighted by atomic mass is 10.1. The molecule has 0 saturated heterocycles. The predicted molar refractivity (Wildman–Crippen MR) is 70.6 cm³/mol. The summed E-state index contributed by atoms with van der Waals surface area (Å²) in [5.74, 6) is 2.23. The first-order valence-electron chi connectivity index (χ1n) is 6.73. The summed E-state index contributed by atoms with van der Waals surface area (Å²) in [5.41, 5.74) is 1.10. The molecule has 1 aliphatic carbocycles. The minimum Gasteiger partial charge on any atom is -0.339 e. The molecule has 2 aromatic heterocycles. The molecule has 2 heterocycles. The largest absolute Gasteiger partial charge is 0.339 e. The predicted octanol–water partition coefficient (Wildman–Crippen LogP) is 1.60. The Bertz CT molecular complexity index is 521. The highest BCUT2D eigenvalue weighted by atomic mass is 16.5. The molecule has 3 rings (SSSR count). The molecule has 0 aliphatic heterocycles. The van der Waals surface area contributed by atoms with Crippen molar-refractivity contribution in [2.75, 3.05) is 7.05 Å². The van der Waals surface area contributed by atoms with Gasteiger partial charge in [0.2, 0.25) is 5.89 Å². The van der Waals surface area contributed by atoms with E-state index < -0.39 is 0 Å². The van der Waals surface area contributed by atoms with Gasteiger partial charge >= 0.3 is 0 Å². The van der Waals surface area contributed by atoms with Crippen LogP contribution < -0.4 is 5.32 Å². The number of hydrogen-bond acceptors (Lipinski definition) is 5. The molecule has 1 saturated carbocycles. The Morgan fingerprint density at radius 1 is 1.47 bits per heavy atom. The highest BCUT2D eigenvalue weighted by Crippen LogP contribution is 2.33. The fourth-order valence-corrected chi connectivity index (χ4v) is 2.32. The van der Waals surface area contributed by atoms with Gasteiger partial charge < -0.3 is 9.84 Å². The third-order valence-corrected chi connectivity index (χ3v) is 3.55. The molecule has 2 aromatic rings. The molecule has 5 heteroatoms. The van der Waals surface area contributed by atoms with Crippen molar-refractivity contribution in [2.24, 2.45) is 5.92 Å². The molecule has 0 radical (unpaired) electrons. The smallest absolute Gasteiger partial charge is 0.228 e. The van der Waals surface area contributed by atoms with Crippen molar-refractivity contribution in [1.82, 2.24) is 20.4 Å². The number of aromatic nitrogens is 3. The van der Waals surface area contributed by atoms with Crippen LogP contribution >= 0.6 is 0 Å². The number of rotatable bonds is 6. The summed E-state index contributed by atoms with van der Waals surface area (Å²) in [7, 11) is 2.00. The zero-order chi connectivity index (χ0) is 13.1. The lowest BCUT2D eigenvalue weighted by Crippen LogP contribution is -2.29. The van der Waals surface area contributed by atoms with E-state index in [4.69, 9.17) is 4.52 Å². The van der Waals surface area contributed by atoms with Gasteiger partial charge in [0, 0.05) is 31.3 Å². The Morgan fingerprint density at radius 3 is 3.05 bits per heavy atom. The maximum absolute atomic E-state index is 5.33. The summed E-state index contributed by atoms with van der Waals surface area (Å²) < 4.78 is 5.33. The summed E-state index contributed by atoms with van der Waals surface area (Å²) >= 11 is 0. The van der Waals surface area contributed by atoms with Crippen LogP contribution in [-0.4, -0.2) is 28.2 Å². The van der Waals surface area contributed by atoms with Crippen LogP contribution in [0.1, 0.15) is 30.1 Å². The van der Waals surface area contributed by atoms with E-state index in [1.54, 1.807) is 6.20 Å². The van der Waals surface area contributed by atoms with Crippen LogP contribution in [0.15, 0.2) is 29.0 Å². The van der Waals surface area contributed by atoms with Crippen LogP contribution in [0.4, 0.5) is 0 Å². The minimum atomic E-state index is 0.465. The Labute approximate surface area is 112 Å². The molecule has 19 heavy (non-hydrogen) atoms. The fraction of sp³-hybridized carbons (Fsp3) is 0.500. The number of hydrogen-bond donors (Lipinski definition) is 1. The maximum atomic E-state index is 5.33. The van der Waals surface area contributed by atoms with E-state index in [1.807, 2.05) is 25.4 Å². The lowest BCUT2D eigenvalue weighted by Gasteiger charge is -2.11. The van der Waals surface area contributed by atoms with Crippen molar-refractivity contribution >= 4 is 0 Å².